The molecular formula is C51H53F3N6O2S. The van der Waals surface area contributed by atoms with E-state index in [9.17, 15) is 14.6 Å². The highest BCUT2D eigenvalue weighted by Crippen LogP contribution is 2.49. The number of β-amino-alcohol motifs (C(OH)–C–C–N with tert-alkyl or cyclic N) is 1. The van der Waals surface area contributed by atoms with Crippen molar-refractivity contribution in [2.45, 2.75) is 95.6 Å². The molecule has 326 valence electrons. The van der Waals surface area contributed by atoms with Crippen LogP contribution in [0.1, 0.15) is 124 Å². The van der Waals surface area contributed by atoms with E-state index in [1.165, 1.54) is 34.7 Å². The maximum Gasteiger partial charge on any atom is 0.162 e. The van der Waals surface area contributed by atoms with Crippen LogP contribution >= 0.6 is 11.3 Å². The molecule has 63 heavy (non-hydrogen) atoms. The molecule has 12 heteroatoms. The fourth-order valence-electron chi connectivity index (χ4n) is 10.9. The number of aromatic nitrogens is 3. The average molecular weight is 871 g/mol. The zero-order chi connectivity index (χ0) is 43.7. The van der Waals surface area contributed by atoms with E-state index >= 15 is 8.78 Å². The van der Waals surface area contributed by atoms with Gasteiger partial charge in [-0.05, 0) is 167 Å². The van der Waals surface area contributed by atoms with Crippen molar-refractivity contribution < 1.29 is 23.4 Å². The lowest BCUT2D eigenvalue weighted by atomic mass is 9.68. The molecule has 2 fully saturated rings. The van der Waals surface area contributed by atoms with Crippen LogP contribution in [0.5, 0.6) is 5.75 Å². The fourth-order valence-corrected chi connectivity index (χ4v) is 12.1. The summed E-state index contributed by atoms with van der Waals surface area (Å²) in [5, 5.41) is 32.0. The minimum absolute atomic E-state index is 0.00228. The largest absolute Gasteiger partial charge is 0.508 e. The second kappa shape index (κ2) is 16.4. The lowest BCUT2D eigenvalue weighted by Crippen LogP contribution is -2.52. The number of fused-ring (bicyclic) bond motifs is 4. The number of halogens is 3. The van der Waals surface area contributed by atoms with Crippen LogP contribution in [0.15, 0.2) is 83.9 Å². The molecule has 0 bridgehead atoms. The van der Waals surface area contributed by atoms with Crippen molar-refractivity contribution in [1.82, 2.24) is 19.7 Å². The molecule has 3 atom stereocenters. The van der Waals surface area contributed by atoms with Crippen molar-refractivity contribution in [3.05, 3.63) is 157 Å². The van der Waals surface area contributed by atoms with Crippen LogP contribution < -0.4 is 4.90 Å². The maximum absolute atomic E-state index is 16.4. The average Bonchev–Trinajstić information content (AvgIpc) is 3.76. The molecule has 6 aromatic rings. The molecule has 3 aliphatic heterocycles. The molecule has 10 rings (SSSR count). The van der Waals surface area contributed by atoms with Gasteiger partial charge < -0.3 is 20.0 Å². The van der Waals surface area contributed by atoms with Gasteiger partial charge >= 0.3 is 0 Å². The van der Waals surface area contributed by atoms with Crippen LogP contribution in [-0.2, 0) is 6.42 Å². The SMILES string of the molecule is Cc1sc2c(c1C)C(c1ccc(N3CCC(O)(CN4CCC(c5cc(F)c([C@H]6c7ccc(O)cc7CC[C@H]6c6ccc(F)cc6)c(F)c5)CC4)CC3)cc1)=N[C@@H](C)c1nnc(C)n1-2. The monoisotopic (exact) mass is 870 g/mol. The van der Waals surface area contributed by atoms with E-state index in [0.29, 0.717) is 37.8 Å². The summed E-state index contributed by atoms with van der Waals surface area (Å²) in [4.78, 5) is 11.1. The second-order valence-electron chi connectivity index (χ2n) is 18.3. The molecule has 4 aliphatic rings. The molecule has 5 heterocycles. The lowest BCUT2D eigenvalue weighted by molar-refractivity contribution is -0.0213. The summed E-state index contributed by atoms with van der Waals surface area (Å²) in [5.74, 6) is -0.540. The van der Waals surface area contributed by atoms with Crippen LogP contribution in [0.25, 0.3) is 5.00 Å². The van der Waals surface area contributed by atoms with Crippen molar-refractivity contribution in [3.63, 3.8) is 0 Å². The molecule has 8 nitrogen and oxygen atoms in total. The highest BCUT2D eigenvalue weighted by Gasteiger charge is 2.38. The summed E-state index contributed by atoms with van der Waals surface area (Å²) < 4.78 is 48.9. The van der Waals surface area contributed by atoms with Crippen molar-refractivity contribution in [3.8, 4) is 10.8 Å². The molecule has 0 spiro atoms. The number of phenols is 1. The highest BCUT2D eigenvalue weighted by molar-refractivity contribution is 7.15. The van der Waals surface area contributed by atoms with Crippen LogP contribution in [-0.4, -0.2) is 73.9 Å². The van der Waals surface area contributed by atoms with E-state index in [1.54, 1.807) is 41.7 Å². The quantitative estimate of drug-likeness (QED) is 0.166. The van der Waals surface area contributed by atoms with Gasteiger partial charge in [0.05, 0.1) is 11.3 Å². The summed E-state index contributed by atoms with van der Waals surface area (Å²) >= 11 is 1.76. The van der Waals surface area contributed by atoms with Gasteiger partial charge in [0.25, 0.3) is 0 Å². The fraction of sp³-hybridized carbons (Fsp3) is 0.392. The number of hydrogen-bond acceptors (Lipinski definition) is 8. The Kier molecular flexibility index (Phi) is 10.8. The van der Waals surface area contributed by atoms with E-state index in [1.807, 2.05) is 6.92 Å². The second-order valence-corrected chi connectivity index (χ2v) is 19.5. The Morgan fingerprint density at radius 1 is 0.810 bits per heavy atom. The van der Waals surface area contributed by atoms with Crippen LogP contribution in [0, 0.1) is 38.2 Å². The zero-order valence-electron chi connectivity index (χ0n) is 36.2. The number of likely N-dealkylation sites (tertiary alicyclic amines) is 1. The molecule has 1 aliphatic carbocycles. The molecule has 0 amide bonds. The summed E-state index contributed by atoms with van der Waals surface area (Å²) in [7, 11) is 0. The van der Waals surface area contributed by atoms with Gasteiger partial charge in [0.2, 0.25) is 0 Å². The number of aliphatic imine (C=N–C) groups is 1. The Morgan fingerprint density at radius 2 is 1.51 bits per heavy atom. The summed E-state index contributed by atoms with van der Waals surface area (Å²) in [6.45, 7) is 11.9. The third-order valence-electron chi connectivity index (χ3n) is 14.4. The zero-order valence-corrected chi connectivity index (χ0v) is 37.0. The Bertz CT molecular complexity index is 2690. The number of piperidine rings is 2. The number of phenolic OH excluding ortho intramolecular Hbond substituents is 1. The molecule has 0 unspecified atom stereocenters. The number of anilines is 1. The number of nitrogens with zero attached hydrogens (tertiary/aromatic N) is 6. The molecular weight excluding hydrogens is 818 g/mol. The molecule has 2 saturated heterocycles. The van der Waals surface area contributed by atoms with Gasteiger partial charge in [-0.15, -0.1) is 21.5 Å². The van der Waals surface area contributed by atoms with Crippen LogP contribution in [0.4, 0.5) is 18.9 Å². The van der Waals surface area contributed by atoms with Gasteiger partial charge in [0.15, 0.2) is 5.82 Å². The Balaban J connectivity index is 0.783. The van der Waals surface area contributed by atoms with Gasteiger partial charge in [-0.3, -0.25) is 9.56 Å². The van der Waals surface area contributed by atoms with E-state index in [2.05, 4.69) is 69.6 Å². The Morgan fingerprint density at radius 3 is 2.21 bits per heavy atom. The van der Waals surface area contributed by atoms with E-state index in [0.717, 1.165) is 94.9 Å². The van der Waals surface area contributed by atoms with Crippen LogP contribution in [0.2, 0.25) is 0 Å². The third-order valence-corrected chi connectivity index (χ3v) is 15.6. The van der Waals surface area contributed by atoms with E-state index in [4.69, 9.17) is 4.99 Å². The number of aryl methyl sites for hydroxylation is 3. The predicted octanol–water partition coefficient (Wildman–Crippen LogP) is 10.4. The first-order chi connectivity index (χ1) is 30.3. The van der Waals surface area contributed by atoms with Crippen molar-refractivity contribution in [1.29, 1.82) is 0 Å². The number of benzene rings is 4. The molecule has 2 aromatic heterocycles. The normalized spacial score (nSPS) is 21.4. The number of aromatic hydroxyl groups is 1. The van der Waals surface area contributed by atoms with E-state index < -0.39 is 23.2 Å². The topological polar surface area (TPSA) is 90.0 Å². The number of rotatable bonds is 7. The third kappa shape index (κ3) is 7.67. The van der Waals surface area contributed by atoms with Crippen LogP contribution in [0.3, 0.4) is 0 Å². The predicted molar refractivity (Wildman–Crippen MR) is 243 cm³/mol. The summed E-state index contributed by atoms with van der Waals surface area (Å²) in [6, 6.07) is 22.8. The minimum Gasteiger partial charge on any atom is -0.508 e. The molecule has 4 aromatic carbocycles. The molecule has 2 N–H and O–H groups in total. The first kappa shape index (κ1) is 41.7. The van der Waals surface area contributed by atoms with E-state index in [-0.39, 0.29) is 35.0 Å². The smallest absolute Gasteiger partial charge is 0.162 e. The van der Waals surface area contributed by atoms with Gasteiger partial charge in [-0.25, -0.2) is 13.2 Å². The molecule has 0 radical (unpaired) electrons. The number of aliphatic hydroxyl groups is 1. The lowest BCUT2D eigenvalue weighted by Gasteiger charge is -2.43. The van der Waals surface area contributed by atoms with Gasteiger partial charge in [-0.2, -0.15) is 0 Å². The Hall–Kier alpha value is -5.30. The van der Waals surface area contributed by atoms with Crippen molar-refractivity contribution in [2.24, 2.45) is 4.99 Å². The van der Waals surface area contributed by atoms with Gasteiger partial charge in [-0.1, -0.05) is 30.3 Å². The molecule has 0 saturated carbocycles. The van der Waals surface area contributed by atoms with Gasteiger partial charge in [0, 0.05) is 52.8 Å². The van der Waals surface area contributed by atoms with Crippen molar-refractivity contribution in [2.75, 3.05) is 37.6 Å². The standard InChI is InChI=1S/C51H53F3N6O2S/c1-29-31(3)63-50-45(29)48(55-30(2)49-57-56-32(4)60(49)50)35-7-12-39(13-8-35)59-23-19-51(62,20-24-59)28-58-21-17-33(18-22-58)37-26-43(53)47(44(54)27-37)46-41(34-5-10-38(52)11-6-34)15-9-36-25-40(61)14-16-42(36)46/h5-8,10-14,16,25-27,30,33,41,46,61-62H,9,15,17-24,28H2,1-4H3/t30-,41-,46+/m0/s1. The summed E-state index contributed by atoms with van der Waals surface area (Å²) in [5.41, 5.74) is 7.89. The number of thiophene rings is 1. The Labute approximate surface area is 370 Å². The summed E-state index contributed by atoms with van der Waals surface area (Å²) in [6.07, 6.45) is 4.04. The van der Waals surface area contributed by atoms with Crippen molar-refractivity contribution >= 4 is 22.7 Å². The first-order valence-corrected chi connectivity index (χ1v) is 23.1. The maximum atomic E-state index is 16.4. The number of hydrogen-bond donors (Lipinski definition) is 2. The van der Waals surface area contributed by atoms with Gasteiger partial charge in [0.1, 0.15) is 40.1 Å². The highest BCUT2D eigenvalue weighted by atomic mass is 32.1. The minimum atomic E-state index is -0.815. The first-order valence-electron chi connectivity index (χ1n) is 22.3.